The summed E-state index contributed by atoms with van der Waals surface area (Å²) >= 11 is 0. The highest BCUT2D eigenvalue weighted by atomic mass is 16.5. The van der Waals surface area contributed by atoms with Crippen LogP contribution in [-0.2, 0) is 17.8 Å². The molecule has 1 amide bonds. The molecule has 0 spiro atoms. The molecule has 152 valence electrons. The number of benzene rings is 1. The van der Waals surface area contributed by atoms with Gasteiger partial charge in [0.25, 0.3) is 0 Å². The fourth-order valence-corrected chi connectivity index (χ4v) is 3.90. The number of imidazole rings is 1. The van der Waals surface area contributed by atoms with Gasteiger partial charge in [0, 0.05) is 37.9 Å². The first-order chi connectivity index (χ1) is 13.5. The van der Waals surface area contributed by atoms with Gasteiger partial charge < -0.3 is 18.9 Å². The first-order valence-corrected chi connectivity index (χ1v) is 10.0. The van der Waals surface area contributed by atoms with Crippen LogP contribution in [0.5, 0.6) is 11.5 Å². The van der Waals surface area contributed by atoms with E-state index < -0.39 is 0 Å². The molecule has 6 nitrogen and oxygen atoms in total. The van der Waals surface area contributed by atoms with Crippen molar-refractivity contribution in [2.24, 2.45) is 5.92 Å². The third-order valence-electron chi connectivity index (χ3n) is 5.49. The van der Waals surface area contributed by atoms with Crippen LogP contribution in [0.2, 0.25) is 0 Å². The number of carbonyl (C=O) groups excluding carboxylic acids is 1. The average molecular weight is 386 g/mol. The molecule has 1 fully saturated rings. The topological polar surface area (TPSA) is 56.6 Å². The SMILES string of the molecule is COc1ccc(CC(=O)N2CCC(Cn3ccnc3C(C)C)CC2)cc1OC. The van der Waals surface area contributed by atoms with Gasteiger partial charge in [-0.25, -0.2) is 4.98 Å². The van der Waals surface area contributed by atoms with Crippen molar-refractivity contribution < 1.29 is 14.3 Å². The summed E-state index contributed by atoms with van der Waals surface area (Å²) in [5.74, 6) is 3.69. The lowest BCUT2D eigenvalue weighted by molar-refractivity contribution is -0.131. The van der Waals surface area contributed by atoms with Crippen molar-refractivity contribution in [3.05, 3.63) is 42.0 Å². The summed E-state index contributed by atoms with van der Waals surface area (Å²) in [6, 6.07) is 5.67. The highest BCUT2D eigenvalue weighted by Crippen LogP contribution is 2.28. The van der Waals surface area contributed by atoms with Crippen LogP contribution in [0.25, 0.3) is 0 Å². The maximum atomic E-state index is 12.7. The van der Waals surface area contributed by atoms with Crippen LogP contribution in [-0.4, -0.2) is 47.7 Å². The van der Waals surface area contributed by atoms with E-state index in [0.29, 0.717) is 29.8 Å². The molecule has 0 bridgehead atoms. The number of hydrogen-bond donors (Lipinski definition) is 0. The maximum absolute atomic E-state index is 12.7. The lowest BCUT2D eigenvalue weighted by Crippen LogP contribution is -2.40. The Labute approximate surface area is 167 Å². The van der Waals surface area contributed by atoms with Gasteiger partial charge in [-0.3, -0.25) is 4.79 Å². The van der Waals surface area contributed by atoms with Crippen LogP contribution < -0.4 is 9.47 Å². The van der Waals surface area contributed by atoms with E-state index in [2.05, 4.69) is 29.6 Å². The molecular formula is C22H31N3O3. The van der Waals surface area contributed by atoms with Crippen molar-refractivity contribution >= 4 is 5.91 Å². The Morgan fingerprint density at radius 3 is 2.54 bits per heavy atom. The number of hydrogen-bond acceptors (Lipinski definition) is 4. The molecule has 1 saturated heterocycles. The smallest absolute Gasteiger partial charge is 0.226 e. The van der Waals surface area contributed by atoms with Gasteiger partial charge in [0.05, 0.1) is 20.6 Å². The number of piperidine rings is 1. The molecule has 3 rings (SSSR count). The number of carbonyl (C=O) groups is 1. The molecule has 0 N–H and O–H groups in total. The van der Waals surface area contributed by atoms with Crippen LogP contribution >= 0.6 is 0 Å². The summed E-state index contributed by atoms with van der Waals surface area (Å²) in [7, 11) is 3.22. The molecule has 2 heterocycles. The summed E-state index contributed by atoms with van der Waals surface area (Å²) in [5, 5.41) is 0. The van der Waals surface area contributed by atoms with Crippen molar-refractivity contribution in [1.29, 1.82) is 0 Å². The third-order valence-corrected chi connectivity index (χ3v) is 5.49. The van der Waals surface area contributed by atoms with E-state index in [0.717, 1.165) is 43.9 Å². The van der Waals surface area contributed by atoms with Gasteiger partial charge >= 0.3 is 0 Å². The molecule has 2 aromatic rings. The Bertz CT molecular complexity index is 792. The lowest BCUT2D eigenvalue weighted by atomic mass is 9.96. The summed E-state index contributed by atoms with van der Waals surface area (Å²) in [4.78, 5) is 19.2. The molecule has 0 atom stereocenters. The van der Waals surface area contributed by atoms with Crippen LogP contribution in [0.15, 0.2) is 30.6 Å². The predicted octanol–water partition coefficient (Wildman–Crippen LogP) is 3.51. The van der Waals surface area contributed by atoms with E-state index in [1.807, 2.05) is 29.3 Å². The largest absolute Gasteiger partial charge is 0.493 e. The molecule has 1 aliphatic heterocycles. The van der Waals surface area contributed by atoms with E-state index in [-0.39, 0.29) is 5.91 Å². The molecule has 28 heavy (non-hydrogen) atoms. The molecule has 6 heteroatoms. The minimum atomic E-state index is 0.177. The molecular weight excluding hydrogens is 354 g/mol. The predicted molar refractivity (Wildman–Crippen MR) is 109 cm³/mol. The first kappa shape index (κ1) is 20.2. The van der Waals surface area contributed by atoms with Gasteiger partial charge in [-0.15, -0.1) is 0 Å². The second-order valence-electron chi connectivity index (χ2n) is 7.78. The highest BCUT2D eigenvalue weighted by Gasteiger charge is 2.24. The van der Waals surface area contributed by atoms with E-state index >= 15 is 0 Å². The minimum Gasteiger partial charge on any atom is -0.493 e. The molecule has 0 unspecified atom stereocenters. The van der Waals surface area contributed by atoms with Crippen LogP contribution in [0.4, 0.5) is 0 Å². The van der Waals surface area contributed by atoms with E-state index in [1.165, 1.54) is 0 Å². The zero-order valence-corrected chi connectivity index (χ0v) is 17.4. The van der Waals surface area contributed by atoms with Gasteiger partial charge in [0.15, 0.2) is 11.5 Å². The fraction of sp³-hybridized carbons (Fsp3) is 0.545. The number of ether oxygens (including phenoxy) is 2. The summed E-state index contributed by atoms with van der Waals surface area (Å²) in [6.07, 6.45) is 6.42. The van der Waals surface area contributed by atoms with Crippen LogP contribution in [0, 0.1) is 5.92 Å². The Morgan fingerprint density at radius 1 is 1.18 bits per heavy atom. The highest BCUT2D eigenvalue weighted by molar-refractivity contribution is 5.79. The van der Waals surface area contributed by atoms with E-state index in [4.69, 9.17) is 9.47 Å². The Balaban J connectivity index is 1.53. The van der Waals surface area contributed by atoms with Crippen LogP contribution in [0.3, 0.4) is 0 Å². The zero-order valence-electron chi connectivity index (χ0n) is 17.4. The summed E-state index contributed by atoms with van der Waals surface area (Å²) in [6.45, 7) is 6.98. The number of likely N-dealkylation sites (tertiary alicyclic amines) is 1. The lowest BCUT2D eigenvalue weighted by Gasteiger charge is -2.32. The number of methoxy groups -OCH3 is 2. The molecule has 1 aliphatic rings. The van der Waals surface area contributed by atoms with E-state index in [9.17, 15) is 4.79 Å². The standard InChI is InChI=1S/C22H31N3O3/c1-16(2)22-23-9-12-25(22)15-17-7-10-24(11-8-17)21(26)14-18-5-6-19(27-3)20(13-18)28-4/h5-6,9,12-13,16-17H,7-8,10-11,14-15H2,1-4H3. The van der Waals surface area contributed by atoms with Gasteiger partial charge in [-0.05, 0) is 36.5 Å². The Hall–Kier alpha value is -2.50. The first-order valence-electron chi connectivity index (χ1n) is 10.0. The average Bonchev–Trinajstić information content (AvgIpc) is 3.16. The van der Waals surface area contributed by atoms with Crippen LogP contribution in [0.1, 0.15) is 44.0 Å². The van der Waals surface area contributed by atoms with Crippen molar-refractivity contribution in [3.63, 3.8) is 0 Å². The van der Waals surface area contributed by atoms with Crippen molar-refractivity contribution in [2.45, 2.75) is 45.6 Å². The minimum absolute atomic E-state index is 0.177. The van der Waals surface area contributed by atoms with Gasteiger partial charge in [0.1, 0.15) is 5.82 Å². The number of rotatable bonds is 7. The summed E-state index contributed by atoms with van der Waals surface area (Å²) < 4.78 is 12.9. The zero-order chi connectivity index (χ0) is 20.1. The van der Waals surface area contributed by atoms with E-state index in [1.54, 1.807) is 14.2 Å². The molecule has 0 saturated carbocycles. The molecule has 1 aromatic heterocycles. The van der Waals surface area contributed by atoms with Gasteiger partial charge in [-0.2, -0.15) is 0 Å². The Kier molecular flexibility index (Phi) is 6.60. The normalized spacial score (nSPS) is 15.1. The quantitative estimate of drug-likeness (QED) is 0.732. The molecule has 1 aromatic carbocycles. The second kappa shape index (κ2) is 9.13. The number of nitrogens with zero attached hydrogens (tertiary/aromatic N) is 3. The van der Waals surface area contributed by atoms with Gasteiger partial charge in [0.2, 0.25) is 5.91 Å². The maximum Gasteiger partial charge on any atom is 0.226 e. The fourth-order valence-electron chi connectivity index (χ4n) is 3.90. The number of amides is 1. The molecule has 0 aliphatic carbocycles. The van der Waals surface area contributed by atoms with Crippen molar-refractivity contribution in [3.8, 4) is 11.5 Å². The monoisotopic (exact) mass is 385 g/mol. The second-order valence-corrected chi connectivity index (χ2v) is 7.78. The summed E-state index contributed by atoms with van der Waals surface area (Å²) in [5.41, 5.74) is 0.949. The van der Waals surface area contributed by atoms with Gasteiger partial charge in [-0.1, -0.05) is 19.9 Å². The third kappa shape index (κ3) is 4.66. The Morgan fingerprint density at radius 2 is 1.89 bits per heavy atom. The molecule has 0 radical (unpaired) electrons. The van der Waals surface area contributed by atoms with Crippen molar-refractivity contribution in [1.82, 2.24) is 14.5 Å². The number of aromatic nitrogens is 2. The van der Waals surface area contributed by atoms with Crippen molar-refractivity contribution in [2.75, 3.05) is 27.3 Å².